The number of benzene rings is 2. The number of rotatable bonds is 8. The summed E-state index contributed by atoms with van der Waals surface area (Å²) < 4.78 is 10.9. The molecule has 2 N–H and O–H groups in total. The summed E-state index contributed by atoms with van der Waals surface area (Å²) in [6, 6.07) is 18.4. The van der Waals surface area contributed by atoms with E-state index in [1.165, 1.54) is 0 Å². The highest BCUT2D eigenvalue weighted by molar-refractivity contribution is 5.92. The zero-order valence-corrected chi connectivity index (χ0v) is 16.7. The first-order valence-electron chi connectivity index (χ1n) is 9.32. The normalized spacial score (nSPS) is 10.5. The number of hydrogen-bond donors (Lipinski definition) is 2. The molecule has 0 radical (unpaired) electrons. The molecule has 0 atom stereocenters. The van der Waals surface area contributed by atoms with Crippen molar-refractivity contribution in [3.05, 3.63) is 71.9 Å². The van der Waals surface area contributed by atoms with Crippen LogP contribution in [0.15, 0.2) is 60.7 Å². The molecule has 2 aromatic carbocycles. The van der Waals surface area contributed by atoms with Gasteiger partial charge in [-0.2, -0.15) is 0 Å². The smallest absolute Gasteiger partial charge is 0.272 e. The van der Waals surface area contributed by atoms with Gasteiger partial charge in [-0.3, -0.25) is 4.79 Å². The number of ether oxygens (including phenoxy) is 2. The minimum Gasteiger partial charge on any atom is -0.497 e. The lowest BCUT2D eigenvalue weighted by Gasteiger charge is -2.14. The van der Waals surface area contributed by atoms with Crippen molar-refractivity contribution < 1.29 is 14.3 Å². The Kier molecular flexibility index (Phi) is 6.63. The molecule has 0 unspecified atom stereocenters. The van der Waals surface area contributed by atoms with E-state index >= 15 is 0 Å². The maximum atomic E-state index is 12.3. The number of carbonyl (C=O) groups is 1. The molecular weight excluding hydrogens is 368 g/mol. The van der Waals surface area contributed by atoms with Crippen LogP contribution in [0.1, 0.15) is 29.9 Å². The van der Waals surface area contributed by atoms with Crippen molar-refractivity contribution in [1.29, 1.82) is 0 Å². The van der Waals surface area contributed by atoms with E-state index < -0.39 is 0 Å². The van der Waals surface area contributed by atoms with Crippen molar-refractivity contribution in [2.24, 2.45) is 0 Å². The number of anilines is 2. The maximum Gasteiger partial charge on any atom is 0.272 e. The molecule has 0 saturated heterocycles. The van der Waals surface area contributed by atoms with Crippen LogP contribution in [0.2, 0.25) is 0 Å². The second-order valence-electron chi connectivity index (χ2n) is 6.62. The molecule has 0 spiro atoms. The summed E-state index contributed by atoms with van der Waals surface area (Å²) in [6.07, 6.45) is 0.0563. The summed E-state index contributed by atoms with van der Waals surface area (Å²) in [5.74, 6) is 1.74. The van der Waals surface area contributed by atoms with Gasteiger partial charge in [0.25, 0.3) is 5.91 Å². The molecule has 1 aromatic heterocycles. The van der Waals surface area contributed by atoms with E-state index in [-0.39, 0.29) is 17.7 Å². The minimum absolute atomic E-state index is 0.0563. The maximum absolute atomic E-state index is 12.3. The average Bonchev–Trinajstić information content (AvgIpc) is 2.74. The monoisotopic (exact) mass is 392 g/mol. The van der Waals surface area contributed by atoms with Crippen LogP contribution in [0.5, 0.6) is 11.5 Å². The molecule has 0 aliphatic carbocycles. The minimum atomic E-state index is -0.289. The van der Waals surface area contributed by atoms with E-state index in [1.54, 1.807) is 19.2 Å². The van der Waals surface area contributed by atoms with Gasteiger partial charge >= 0.3 is 0 Å². The number of carbonyl (C=O) groups excluding carboxylic acids is 1. The van der Waals surface area contributed by atoms with Crippen LogP contribution in [0.25, 0.3) is 0 Å². The zero-order chi connectivity index (χ0) is 20.6. The van der Waals surface area contributed by atoms with Crippen LogP contribution < -0.4 is 20.1 Å². The molecule has 0 bridgehead atoms. The third-order valence-electron chi connectivity index (χ3n) is 4.02. The van der Waals surface area contributed by atoms with Crippen LogP contribution >= 0.6 is 0 Å². The Morgan fingerprint density at radius 1 is 1.00 bits per heavy atom. The van der Waals surface area contributed by atoms with Gasteiger partial charge in [-0.1, -0.05) is 24.3 Å². The third-order valence-corrected chi connectivity index (χ3v) is 4.02. The van der Waals surface area contributed by atoms with Crippen molar-refractivity contribution in [3.63, 3.8) is 0 Å². The summed E-state index contributed by atoms with van der Waals surface area (Å²) in [6.45, 7) is 4.33. The molecule has 150 valence electrons. The molecule has 1 amide bonds. The molecule has 29 heavy (non-hydrogen) atoms. The van der Waals surface area contributed by atoms with Gasteiger partial charge in [-0.15, -0.1) is 10.2 Å². The Balaban J connectivity index is 1.60. The first-order chi connectivity index (χ1) is 14.0. The van der Waals surface area contributed by atoms with Crippen molar-refractivity contribution in [1.82, 2.24) is 15.5 Å². The van der Waals surface area contributed by atoms with Crippen LogP contribution in [-0.4, -0.2) is 29.3 Å². The van der Waals surface area contributed by atoms with Gasteiger partial charge in [-0.05, 0) is 55.8 Å². The molecule has 3 aromatic rings. The number of aromatic nitrogens is 2. The quantitative estimate of drug-likeness (QED) is 0.604. The molecule has 1 heterocycles. The topological polar surface area (TPSA) is 85.4 Å². The molecule has 7 nitrogen and oxygen atoms in total. The van der Waals surface area contributed by atoms with E-state index in [4.69, 9.17) is 9.47 Å². The van der Waals surface area contributed by atoms with E-state index in [0.717, 1.165) is 22.7 Å². The van der Waals surface area contributed by atoms with Crippen molar-refractivity contribution in [2.75, 3.05) is 12.4 Å². The van der Waals surface area contributed by atoms with E-state index in [2.05, 4.69) is 20.8 Å². The van der Waals surface area contributed by atoms with Crippen LogP contribution in [0, 0.1) is 0 Å². The van der Waals surface area contributed by atoms with Crippen molar-refractivity contribution in [2.45, 2.75) is 26.5 Å². The highest BCUT2D eigenvalue weighted by Crippen LogP contribution is 2.27. The standard InChI is InChI=1S/C22H24N4O3/c1-15(2)29-20-7-5-4-6-18(20)24-21-13-12-19(25-26-21)22(27)23-14-16-8-10-17(28-3)11-9-16/h4-13,15H,14H2,1-3H3,(H,23,27)(H,24,26). The fourth-order valence-corrected chi connectivity index (χ4v) is 2.60. The molecule has 0 aliphatic heterocycles. The Bertz CT molecular complexity index is 941. The lowest BCUT2D eigenvalue weighted by atomic mass is 10.2. The van der Waals surface area contributed by atoms with E-state index in [1.807, 2.05) is 62.4 Å². The summed E-state index contributed by atoms with van der Waals surface area (Å²) in [7, 11) is 1.61. The molecule has 0 fully saturated rings. The van der Waals surface area contributed by atoms with Gasteiger partial charge in [0.2, 0.25) is 0 Å². The second kappa shape index (κ2) is 9.54. The highest BCUT2D eigenvalue weighted by Gasteiger charge is 2.10. The van der Waals surface area contributed by atoms with E-state index in [9.17, 15) is 4.79 Å². The van der Waals surface area contributed by atoms with Crippen molar-refractivity contribution in [3.8, 4) is 11.5 Å². The number of nitrogens with one attached hydrogen (secondary N) is 2. The van der Waals surface area contributed by atoms with Gasteiger partial charge in [-0.25, -0.2) is 0 Å². The number of methoxy groups -OCH3 is 1. The lowest BCUT2D eigenvalue weighted by molar-refractivity contribution is 0.0945. The van der Waals surface area contributed by atoms with Crippen molar-refractivity contribution >= 4 is 17.4 Å². The summed E-state index contributed by atoms with van der Waals surface area (Å²) in [5, 5.41) is 14.1. The fraction of sp³-hybridized carbons (Fsp3) is 0.227. The van der Waals surface area contributed by atoms with Gasteiger partial charge < -0.3 is 20.1 Å². The SMILES string of the molecule is COc1ccc(CNC(=O)c2ccc(Nc3ccccc3OC(C)C)nn2)cc1. The summed E-state index contributed by atoms with van der Waals surface area (Å²) >= 11 is 0. The summed E-state index contributed by atoms with van der Waals surface area (Å²) in [4.78, 5) is 12.3. The molecular formula is C22H24N4O3. The Hall–Kier alpha value is -3.61. The van der Waals surface area contributed by atoms with Crippen LogP contribution in [0.4, 0.5) is 11.5 Å². The average molecular weight is 392 g/mol. The fourth-order valence-electron chi connectivity index (χ4n) is 2.60. The number of para-hydroxylation sites is 2. The van der Waals surface area contributed by atoms with Gasteiger partial charge in [0.1, 0.15) is 11.5 Å². The number of nitrogens with zero attached hydrogens (tertiary/aromatic N) is 2. The largest absolute Gasteiger partial charge is 0.497 e. The number of hydrogen-bond acceptors (Lipinski definition) is 6. The molecule has 0 saturated carbocycles. The first kappa shape index (κ1) is 20.1. The molecule has 3 rings (SSSR count). The Labute approximate surface area is 170 Å². The van der Waals surface area contributed by atoms with Crippen LogP contribution in [-0.2, 0) is 6.54 Å². The van der Waals surface area contributed by atoms with Gasteiger partial charge in [0.15, 0.2) is 11.5 Å². The molecule has 0 aliphatic rings. The van der Waals surface area contributed by atoms with E-state index in [0.29, 0.717) is 12.4 Å². The first-order valence-corrected chi connectivity index (χ1v) is 9.32. The zero-order valence-electron chi connectivity index (χ0n) is 16.7. The third kappa shape index (κ3) is 5.68. The highest BCUT2D eigenvalue weighted by atomic mass is 16.5. The molecule has 7 heteroatoms. The predicted octanol–water partition coefficient (Wildman–Crippen LogP) is 3.95. The van der Waals surface area contributed by atoms with Crippen LogP contribution in [0.3, 0.4) is 0 Å². The Morgan fingerprint density at radius 3 is 2.41 bits per heavy atom. The second-order valence-corrected chi connectivity index (χ2v) is 6.62. The summed E-state index contributed by atoms with van der Waals surface area (Å²) in [5.41, 5.74) is 2.00. The predicted molar refractivity (Wildman–Crippen MR) is 112 cm³/mol. The lowest BCUT2D eigenvalue weighted by Crippen LogP contribution is -2.24. The Morgan fingerprint density at radius 2 is 1.76 bits per heavy atom. The van der Waals surface area contributed by atoms with Gasteiger partial charge in [0.05, 0.1) is 18.9 Å². The number of amides is 1. The van der Waals surface area contributed by atoms with Gasteiger partial charge in [0, 0.05) is 6.54 Å².